The van der Waals surface area contributed by atoms with Crippen LogP contribution in [0.3, 0.4) is 0 Å². The molecule has 1 aromatic rings. The number of nitrogens with one attached hydrogen (secondary N) is 1. The average Bonchev–Trinajstić information content (AvgIpc) is 2.25. The number of anilines is 1. The Labute approximate surface area is 107 Å². The molecule has 100 valence electrons. The Morgan fingerprint density at radius 1 is 1.56 bits per heavy atom. The maximum Gasteiger partial charge on any atom is 0.406 e. The molecule has 1 rings (SSSR count). The van der Waals surface area contributed by atoms with Crippen molar-refractivity contribution in [2.75, 3.05) is 26.0 Å². The van der Waals surface area contributed by atoms with Gasteiger partial charge >= 0.3 is 6.18 Å². The lowest BCUT2D eigenvalue weighted by Crippen LogP contribution is -2.35. The van der Waals surface area contributed by atoms with Crippen LogP contribution >= 0.6 is 11.6 Å². The van der Waals surface area contributed by atoms with Crippen LogP contribution in [0.4, 0.5) is 19.0 Å². The van der Waals surface area contributed by atoms with Gasteiger partial charge in [-0.2, -0.15) is 13.2 Å². The normalized spacial score (nSPS) is 11.2. The number of pyridine rings is 1. The molecule has 1 amide bonds. The van der Waals surface area contributed by atoms with Gasteiger partial charge in [-0.1, -0.05) is 11.6 Å². The summed E-state index contributed by atoms with van der Waals surface area (Å²) in [5.74, 6) is -0.434. The van der Waals surface area contributed by atoms with Crippen LogP contribution in [0.25, 0.3) is 0 Å². The molecule has 4 nitrogen and oxygen atoms in total. The molecular formula is C10H11ClF3N3O. The quantitative estimate of drug-likeness (QED) is 0.925. The van der Waals surface area contributed by atoms with Crippen LogP contribution in [0.2, 0.25) is 5.02 Å². The van der Waals surface area contributed by atoms with Gasteiger partial charge in [-0.05, 0) is 6.07 Å². The van der Waals surface area contributed by atoms with Gasteiger partial charge in [-0.15, -0.1) is 0 Å². The number of nitrogens with zero attached hydrogens (tertiary/aromatic N) is 2. The fourth-order valence-electron chi connectivity index (χ4n) is 1.30. The fraction of sp³-hybridized carbons (Fsp3) is 0.400. The number of rotatable bonds is 3. The van der Waals surface area contributed by atoms with E-state index in [1.54, 1.807) is 7.05 Å². The third-order valence-corrected chi connectivity index (χ3v) is 2.38. The molecule has 0 atom stereocenters. The monoisotopic (exact) mass is 281 g/mol. The number of aromatic nitrogens is 1. The molecule has 18 heavy (non-hydrogen) atoms. The van der Waals surface area contributed by atoms with Gasteiger partial charge < -0.3 is 10.2 Å². The van der Waals surface area contributed by atoms with E-state index in [0.717, 1.165) is 7.05 Å². The van der Waals surface area contributed by atoms with Crippen molar-refractivity contribution in [3.63, 3.8) is 0 Å². The highest BCUT2D eigenvalue weighted by Gasteiger charge is 2.31. The highest BCUT2D eigenvalue weighted by molar-refractivity contribution is 6.33. The second-order valence-corrected chi connectivity index (χ2v) is 3.99. The highest BCUT2D eigenvalue weighted by Crippen LogP contribution is 2.21. The van der Waals surface area contributed by atoms with Crippen molar-refractivity contribution in [3.8, 4) is 0 Å². The van der Waals surface area contributed by atoms with Crippen LogP contribution in [0.5, 0.6) is 0 Å². The van der Waals surface area contributed by atoms with Crippen LogP contribution in [-0.4, -0.2) is 42.6 Å². The summed E-state index contributed by atoms with van der Waals surface area (Å²) in [7, 11) is 2.65. The number of carbonyl (C=O) groups is 1. The Morgan fingerprint density at radius 3 is 2.61 bits per heavy atom. The smallest absolute Gasteiger partial charge is 0.372 e. The number of hydrogen-bond acceptors (Lipinski definition) is 3. The van der Waals surface area contributed by atoms with E-state index in [4.69, 9.17) is 11.6 Å². The highest BCUT2D eigenvalue weighted by atomic mass is 35.5. The number of halogens is 4. The standard InChI is InChI=1S/C10H11ClF3N3O/c1-15-8-7(11)3-6(4-16-8)9(18)17(2)5-10(12,13)14/h3-4H,5H2,1-2H3,(H,15,16). The van der Waals surface area contributed by atoms with Gasteiger partial charge in [0.05, 0.1) is 10.6 Å². The molecule has 0 aliphatic carbocycles. The summed E-state index contributed by atoms with van der Waals surface area (Å²) >= 11 is 5.79. The summed E-state index contributed by atoms with van der Waals surface area (Å²) in [6.07, 6.45) is -3.26. The van der Waals surface area contributed by atoms with E-state index in [1.807, 2.05) is 0 Å². The summed E-state index contributed by atoms with van der Waals surface area (Å²) in [5, 5.41) is 2.85. The fourth-order valence-corrected chi connectivity index (χ4v) is 1.56. The molecule has 0 saturated heterocycles. The lowest BCUT2D eigenvalue weighted by atomic mass is 10.2. The first-order chi connectivity index (χ1) is 8.24. The molecule has 1 N–H and O–H groups in total. The van der Waals surface area contributed by atoms with Gasteiger partial charge in [0, 0.05) is 20.3 Å². The van der Waals surface area contributed by atoms with Crippen molar-refractivity contribution < 1.29 is 18.0 Å². The number of hydrogen-bond donors (Lipinski definition) is 1. The van der Waals surface area contributed by atoms with Gasteiger partial charge in [0.1, 0.15) is 12.4 Å². The summed E-state index contributed by atoms with van der Waals surface area (Å²) in [6.45, 7) is -1.32. The van der Waals surface area contributed by atoms with Crippen molar-refractivity contribution in [1.29, 1.82) is 0 Å². The first-order valence-electron chi connectivity index (χ1n) is 4.90. The molecular weight excluding hydrogens is 271 g/mol. The van der Waals surface area contributed by atoms with Crippen molar-refractivity contribution in [3.05, 3.63) is 22.8 Å². The van der Waals surface area contributed by atoms with Crippen molar-refractivity contribution in [2.45, 2.75) is 6.18 Å². The molecule has 0 radical (unpaired) electrons. The largest absolute Gasteiger partial charge is 0.406 e. The van der Waals surface area contributed by atoms with Crippen molar-refractivity contribution in [1.82, 2.24) is 9.88 Å². The SMILES string of the molecule is CNc1ncc(C(=O)N(C)CC(F)(F)F)cc1Cl. The Kier molecular flexibility index (Phi) is 4.39. The van der Waals surface area contributed by atoms with Crippen LogP contribution < -0.4 is 5.32 Å². The Balaban J connectivity index is 2.87. The third kappa shape index (κ3) is 3.76. The molecule has 0 spiro atoms. The molecule has 0 unspecified atom stereocenters. The summed E-state index contributed by atoms with van der Waals surface area (Å²) < 4.78 is 36.4. The molecule has 0 aliphatic rings. The molecule has 0 fully saturated rings. The molecule has 0 aromatic carbocycles. The van der Waals surface area contributed by atoms with Gasteiger partial charge in [0.25, 0.3) is 5.91 Å². The van der Waals surface area contributed by atoms with E-state index in [-0.39, 0.29) is 10.6 Å². The predicted octanol–water partition coefficient (Wildman–Crippen LogP) is 2.41. The van der Waals surface area contributed by atoms with E-state index in [1.165, 1.54) is 12.3 Å². The lowest BCUT2D eigenvalue weighted by molar-refractivity contribution is -0.138. The van der Waals surface area contributed by atoms with Crippen molar-refractivity contribution in [2.24, 2.45) is 0 Å². The number of amides is 1. The minimum atomic E-state index is -4.44. The molecule has 0 bridgehead atoms. The van der Waals surface area contributed by atoms with Crippen molar-refractivity contribution >= 4 is 23.3 Å². The summed E-state index contributed by atoms with van der Waals surface area (Å²) in [4.78, 5) is 16.1. The molecule has 0 aliphatic heterocycles. The first kappa shape index (κ1) is 14.6. The molecule has 1 aromatic heterocycles. The van der Waals surface area contributed by atoms with E-state index in [9.17, 15) is 18.0 Å². The van der Waals surface area contributed by atoms with E-state index in [0.29, 0.717) is 10.7 Å². The lowest BCUT2D eigenvalue weighted by Gasteiger charge is -2.19. The maximum absolute atomic E-state index is 12.1. The van der Waals surface area contributed by atoms with E-state index >= 15 is 0 Å². The van der Waals surface area contributed by atoms with Gasteiger partial charge in [0.15, 0.2) is 0 Å². The zero-order valence-corrected chi connectivity index (χ0v) is 10.4. The molecule has 1 heterocycles. The van der Waals surface area contributed by atoms with Crippen LogP contribution in [0.15, 0.2) is 12.3 Å². The zero-order valence-electron chi connectivity index (χ0n) is 9.68. The predicted molar refractivity (Wildman–Crippen MR) is 61.8 cm³/mol. The summed E-state index contributed by atoms with van der Waals surface area (Å²) in [5.41, 5.74) is 0.00532. The average molecular weight is 282 g/mol. The second-order valence-electron chi connectivity index (χ2n) is 3.58. The maximum atomic E-state index is 12.1. The van der Waals surface area contributed by atoms with Gasteiger partial charge in [0.2, 0.25) is 0 Å². The van der Waals surface area contributed by atoms with Gasteiger partial charge in [-0.25, -0.2) is 4.98 Å². The van der Waals surface area contributed by atoms with E-state index in [2.05, 4.69) is 10.3 Å². The molecule has 8 heteroatoms. The number of alkyl halides is 3. The Hall–Kier alpha value is -1.50. The topological polar surface area (TPSA) is 45.2 Å². The van der Waals surface area contributed by atoms with Crippen LogP contribution in [-0.2, 0) is 0 Å². The second kappa shape index (κ2) is 5.43. The van der Waals surface area contributed by atoms with Crippen LogP contribution in [0.1, 0.15) is 10.4 Å². The Bertz CT molecular complexity index is 450. The molecule has 0 saturated carbocycles. The first-order valence-corrected chi connectivity index (χ1v) is 5.28. The van der Waals surface area contributed by atoms with Crippen LogP contribution in [0, 0.1) is 0 Å². The minimum absolute atomic E-state index is 0.00532. The summed E-state index contributed by atoms with van der Waals surface area (Å²) in [6, 6.07) is 1.27. The van der Waals surface area contributed by atoms with Gasteiger partial charge in [-0.3, -0.25) is 4.79 Å². The minimum Gasteiger partial charge on any atom is -0.372 e. The number of carbonyl (C=O) groups excluding carboxylic acids is 1. The zero-order chi connectivity index (χ0) is 13.9. The third-order valence-electron chi connectivity index (χ3n) is 2.09. The van der Waals surface area contributed by atoms with E-state index < -0.39 is 18.6 Å². The Morgan fingerprint density at radius 2 is 2.17 bits per heavy atom.